The molecule has 0 fully saturated rings. The quantitative estimate of drug-likeness (QED) is 0.844. The van der Waals surface area contributed by atoms with Crippen LogP contribution in [-0.2, 0) is 4.79 Å². The van der Waals surface area contributed by atoms with Crippen molar-refractivity contribution in [2.45, 2.75) is 24.0 Å². The molecule has 0 aliphatic heterocycles. The van der Waals surface area contributed by atoms with E-state index in [1.807, 2.05) is 62.4 Å². The van der Waals surface area contributed by atoms with E-state index in [4.69, 9.17) is 4.74 Å². The standard InChI is InChI=1S/C17H19NO2S/c1-12-9-10-16(20-3)15(11-12)18-17(19)13(2)21-14-7-5-4-6-8-14/h4-11,13H,1-3H3,(H,18,19). The molecule has 0 aliphatic rings. The Morgan fingerprint density at radius 1 is 1.19 bits per heavy atom. The Morgan fingerprint density at radius 2 is 1.90 bits per heavy atom. The number of thioether (sulfide) groups is 1. The molecule has 0 spiro atoms. The molecule has 21 heavy (non-hydrogen) atoms. The van der Waals surface area contributed by atoms with Crippen LogP contribution >= 0.6 is 11.8 Å². The van der Waals surface area contributed by atoms with Crippen LogP contribution in [0.5, 0.6) is 5.75 Å². The van der Waals surface area contributed by atoms with Gasteiger partial charge in [-0.1, -0.05) is 24.3 Å². The molecule has 0 bridgehead atoms. The number of methoxy groups -OCH3 is 1. The Morgan fingerprint density at radius 3 is 2.57 bits per heavy atom. The van der Waals surface area contributed by atoms with Gasteiger partial charge in [0.1, 0.15) is 5.75 Å². The van der Waals surface area contributed by atoms with Crippen molar-refractivity contribution < 1.29 is 9.53 Å². The summed E-state index contributed by atoms with van der Waals surface area (Å²) < 4.78 is 5.28. The smallest absolute Gasteiger partial charge is 0.237 e. The molecule has 1 amide bonds. The second-order valence-electron chi connectivity index (χ2n) is 4.77. The molecule has 2 aromatic carbocycles. The number of carbonyl (C=O) groups is 1. The molecule has 0 radical (unpaired) electrons. The summed E-state index contributed by atoms with van der Waals surface area (Å²) in [4.78, 5) is 13.4. The number of hydrogen-bond acceptors (Lipinski definition) is 3. The zero-order chi connectivity index (χ0) is 15.2. The van der Waals surface area contributed by atoms with E-state index in [2.05, 4.69) is 5.32 Å². The lowest BCUT2D eigenvalue weighted by atomic mass is 10.2. The van der Waals surface area contributed by atoms with E-state index in [9.17, 15) is 4.79 Å². The summed E-state index contributed by atoms with van der Waals surface area (Å²) in [6.07, 6.45) is 0. The number of benzene rings is 2. The molecule has 3 nitrogen and oxygen atoms in total. The van der Waals surface area contributed by atoms with Crippen molar-refractivity contribution in [1.82, 2.24) is 0 Å². The Balaban J connectivity index is 2.05. The van der Waals surface area contributed by atoms with Gasteiger partial charge in [0, 0.05) is 4.90 Å². The monoisotopic (exact) mass is 301 g/mol. The average molecular weight is 301 g/mol. The highest BCUT2D eigenvalue weighted by atomic mass is 32.2. The van der Waals surface area contributed by atoms with Gasteiger partial charge < -0.3 is 10.1 Å². The number of nitrogens with one attached hydrogen (secondary N) is 1. The second-order valence-corrected chi connectivity index (χ2v) is 6.18. The Labute approximate surface area is 129 Å². The van der Waals surface area contributed by atoms with Gasteiger partial charge in [-0.2, -0.15) is 0 Å². The molecular weight excluding hydrogens is 282 g/mol. The Hall–Kier alpha value is -1.94. The molecule has 0 heterocycles. The summed E-state index contributed by atoms with van der Waals surface area (Å²) in [7, 11) is 1.60. The second kappa shape index (κ2) is 7.18. The zero-order valence-corrected chi connectivity index (χ0v) is 13.2. The highest BCUT2D eigenvalue weighted by molar-refractivity contribution is 8.00. The molecule has 2 rings (SSSR count). The number of ether oxygens (including phenoxy) is 1. The number of rotatable bonds is 5. The first-order valence-electron chi connectivity index (χ1n) is 6.77. The van der Waals surface area contributed by atoms with Crippen LogP contribution in [0, 0.1) is 6.92 Å². The number of amides is 1. The van der Waals surface area contributed by atoms with Gasteiger partial charge in [0.05, 0.1) is 18.0 Å². The number of aryl methyl sites for hydroxylation is 1. The van der Waals surface area contributed by atoms with Crippen molar-refractivity contribution in [2.75, 3.05) is 12.4 Å². The molecule has 0 aromatic heterocycles. The fourth-order valence-corrected chi connectivity index (χ4v) is 2.80. The first kappa shape index (κ1) is 15.4. The summed E-state index contributed by atoms with van der Waals surface area (Å²) in [6.45, 7) is 3.88. The predicted octanol–water partition coefficient (Wildman–Crippen LogP) is 4.12. The summed E-state index contributed by atoms with van der Waals surface area (Å²) >= 11 is 1.54. The van der Waals surface area contributed by atoms with E-state index < -0.39 is 0 Å². The molecule has 1 unspecified atom stereocenters. The summed E-state index contributed by atoms with van der Waals surface area (Å²) in [5.41, 5.74) is 1.79. The third-order valence-electron chi connectivity index (χ3n) is 3.04. The van der Waals surface area contributed by atoms with Crippen LogP contribution in [0.4, 0.5) is 5.69 Å². The van der Waals surface area contributed by atoms with Gasteiger partial charge in [-0.15, -0.1) is 11.8 Å². The maximum atomic E-state index is 12.3. The normalized spacial score (nSPS) is 11.8. The SMILES string of the molecule is COc1ccc(C)cc1NC(=O)C(C)Sc1ccccc1. The third-order valence-corrected chi connectivity index (χ3v) is 4.15. The van der Waals surface area contributed by atoms with Crippen molar-refractivity contribution in [2.24, 2.45) is 0 Å². The van der Waals surface area contributed by atoms with E-state index in [-0.39, 0.29) is 11.2 Å². The van der Waals surface area contributed by atoms with Crippen molar-refractivity contribution >= 4 is 23.4 Å². The summed E-state index contributed by atoms with van der Waals surface area (Å²) in [5, 5.41) is 2.75. The lowest BCUT2D eigenvalue weighted by Crippen LogP contribution is -2.22. The van der Waals surface area contributed by atoms with Crippen LogP contribution in [0.2, 0.25) is 0 Å². The van der Waals surface area contributed by atoms with E-state index >= 15 is 0 Å². The van der Waals surface area contributed by atoms with Crippen LogP contribution in [0.1, 0.15) is 12.5 Å². The lowest BCUT2D eigenvalue weighted by Gasteiger charge is -2.14. The molecule has 0 saturated heterocycles. The Kier molecular flexibility index (Phi) is 5.28. The maximum absolute atomic E-state index is 12.3. The van der Waals surface area contributed by atoms with Gasteiger partial charge in [0.15, 0.2) is 0 Å². The minimum Gasteiger partial charge on any atom is -0.495 e. The molecular formula is C17H19NO2S. The zero-order valence-electron chi connectivity index (χ0n) is 12.4. The van der Waals surface area contributed by atoms with Gasteiger partial charge >= 0.3 is 0 Å². The maximum Gasteiger partial charge on any atom is 0.237 e. The number of carbonyl (C=O) groups excluding carboxylic acids is 1. The van der Waals surface area contributed by atoms with Gasteiger partial charge in [-0.05, 0) is 43.7 Å². The first-order valence-corrected chi connectivity index (χ1v) is 7.65. The van der Waals surface area contributed by atoms with E-state index in [1.165, 1.54) is 11.8 Å². The van der Waals surface area contributed by atoms with Crippen molar-refractivity contribution in [1.29, 1.82) is 0 Å². The fourth-order valence-electron chi connectivity index (χ4n) is 1.91. The number of hydrogen-bond donors (Lipinski definition) is 1. The third kappa shape index (κ3) is 4.26. The number of anilines is 1. The summed E-state index contributed by atoms with van der Waals surface area (Å²) in [6, 6.07) is 15.6. The van der Waals surface area contributed by atoms with Crippen LogP contribution in [0.3, 0.4) is 0 Å². The molecule has 0 aliphatic carbocycles. The van der Waals surface area contributed by atoms with Crippen LogP contribution in [-0.4, -0.2) is 18.3 Å². The molecule has 4 heteroatoms. The van der Waals surface area contributed by atoms with Gasteiger partial charge in [0.25, 0.3) is 0 Å². The van der Waals surface area contributed by atoms with E-state index in [1.54, 1.807) is 7.11 Å². The van der Waals surface area contributed by atoms with Crippen LogP contribution < -0.4 is 10.1 Å². The first-order chi connectivity index (χ1) is 10.1. The fraction of sp³-hybridized carbons (Fsp3) is 0.235. The minimum atomic E-state index is -0.183. The van der Waals surface area contributed by atoms with Crippen molar-refractivity contribution in [3.05, 3.63) is 54.1 Å². The van der Waals surface area contributed by atoms with Gasteiger partial charge in [-0.25, -0.2) is 0 Å². The van der Waals surface area contributed by atoms with Crippen molar-refractivity contribution in [3.8, 4) is 5.75 Å². The van der Waals surface area contributed by atoms with Crippen molar-refractivity contribution in [3.63, 3.8) is 0 Å². The minimum absolute atomic E-state index is 0.0345. The molecule has 2 aromatic rings. The van der Waals surface area contributed by atoms with Crippen LogP contribution in [0.15, 0.2) is 53.4 Å². The van der Waals surface area contributed by atoms with Crippen LogP contribution in [0.25, 0.3) is 0 Å². The molecule has 1 N–H and O–H groups in total. The largest absolute Gasteiger partial charge is 0.495 e. The average Bonchev–Trinajstić information content (AvgIpc) is 2.48. The molecule has 1 atom stereocenters. The van der Waals surface area contributed by atoms with E-state index in [0.717, 1.165) is 10.5 Å². The highest BCUT2D eigenvalue weighted by Gasteiger charge is 2.16. The Bertz CT molecular complexity index is 613. The molecule has 0 saturated carbocycles. The van der Waals surface area contributed by atoms with Gasteiger partial charge in [-0.3, -0.25) is 4.79 Å². The topological polar surface area (TPSA) is 38.3 Å². The van der Waals surface area contributed by atoms with E-state index in [0.29, 0.717) is 11.4 Å². The summed E-state index contributed by atoms with van der Waals surface area (Å²) in [5.74, 6) is 0.638. The lowest BCUT2D eigenvalue weighted by molar-refractivity contribution is -0.115. The highest BCUT2D eigenvalue weighted by Crippen LogP contribution is 2.28. The predicted molar refractivity (Wildman–Crippen MR) is 88.1 cm³/mol. The van der Waals surface area contributed by atoms with Gasteiger partial charge in [0.2, 0.25) is 5.91 Å². The molecule has 110 valence electrons.